The second kappa shape index (κ2) is 6.35. The minimum atomic E-state index is -3.43. The van der Waals surface area contributed by atoms with Crippen LogP contribution in [-0.4, -0.2) is 44.1 Å². The highest BCUT2D eigenvalue weighted by Gasteiger charge is 2.34. The van der Waals surface area contributed by atoms with Gasteiger partial charge in [0.25, 0.3) is 0 Å². The minimum absolute atomic E-state index is 0.123. The molecule has 0 aliphatic carbocycles. The summed E-state index contributed by atoms with van der Waals surface area (Å²) in [7, 11) is -3.43. The standard InChI is InChI=1S/C12H20N2O4S/c1-3-18-11(15)4-9-19(16,17)14-7-5-12(2,10-13)6-8-14/h3-9H2,1-2H3. The maximum absolute atomic E-state index is 12.0. The molecular weight excluding hydrogens is 268 g/mol. The number of carbonyl (C=O) groups excluding carboxylic acids is 1. The van der Waals surface area contributed by atoms with E-state index in [9.17, 15) is 13.2 Å². The van der Waals surface area contributed by atoms with Crippen molar-refractivity contribution in [2.75, 3.05) is 25.4 Å². The number of nitriles is 1. The summed E-state index contributed by atoms with van der Waals surface area (Å²) in [4.78, 5) is 11.2. The number of sulfonamides is 1. The Morgan fingerprint density at radius 2 is 2.00 bits per heavy atom. The molecule has 1 aliphatic heterocycles. The number of nitrogens with zero attached hydrogens (tertiary/aromatic N) is 2. The van der Waals surface area contributed by atoms with Crippen molar-refractivity contribution in [2.45, 2.75) is 33.1 Å². The zero-order chi connectivity index (χ0) is 14.5. The van der Waals surface area contributed by atoms with Crippen LogP contribution in [0.4, 0.5) is 0 Å². The molecule has 7 heteroatoms. The number of rotatable bonds is 5. The molecule has 1 heterocycles. The van der Waals surface area contributed by atoms with Gasteiger partial charge in [-0.1, -0.05) is 0 Å². The molecule has 1 rings (SSSR count). The van der Waals surface area contributed by atoms with Crippen molar-refractivity contribution in [2.24, 2.45) is 5.41 Å². The van der Waals surface area contributed by atoms with Gasteiger partial charge in [-0.25, -0.2) is 12.7 Å². The molecule has 0 amide bonds. The lowest BCUT2D eigenvalue weighted by Gasteiger charge is -2.34. The predicted octanol–water partition coefficient (Wildman–Crippen LogP) is 0.895. The van der Waals surface area contributed by atoms with Gasteiger partial charge in [-0.05, 0) is 26.7 Å². The van der Waals surface area contributed by atoms with Gasteiger partial charge in [0.05, 0.1) is 30.3 Å². The lowest BCUT2D eigenvalue weighted by Crippen LogP contribution is -2.42. The Morgan fingerprint density at radius 1 is 1.42 bits per heavy atom. The zero-order valence-corrected chi connectivity index (χ0v) is 12.2. The molecule has 0 aromatic carbocycles. The van der Waals surface area contributed by atoms with Crippen molar-refractivity contribution in [3.63, 3.8) is 0 Å². The third-order valence-electron chi connectivity index (χ3n) is 3.36. The largest absolute Gasteiger partial charge is 0.466 e. The molecule has 0 unspecified atom stereocenters. The van der Waals surface area contributed by atoms with E-state index < -0.39 is 21.4 Å². The van der Waals surface area contributed by atoms with Crippen LogP contribution in [-0.2, 0) is 19.6 Å². The van der Waals surface area contributed by atoms with Gasteiger partial charge in [-0.15, -0.1) is 0 Å². The Balaban J connectivity index is 2.52. The van der Waals surface area contributed by atoms with E-state index in [0.29, 0.717) is 25.9 Å². The molecule has 1 fully saturated rings. The number of hydrogen-bond acceptors (Lipinski definition) is 5. The van der Waals surface area contributed by atoms with Crippen molar-refractivity contribution >= 4 is 16.0 Å². The van der Waals surface area contributed by atoms with Gasteiger partial charge in [0.15, 0.2) is 0 Å². The second-order valence-electron chi connectivity index (χ2n) is 4.94. The summed E-state index contributed by atoms with van der Waals surface area (Å²) < 4.78 is 30.1. The van der Waals surface area contributed by atoms with Crippen LogP contribution in [0.15, 0.2) is 0 Å². The van der Waals surface area contributed by atoms with Crippen molar-refractivity contribution < 1.29 is 17.9 Å². The molecule has 1 aliphatic rings. The van der Waals surface area contributed by atoms with E-state index in [4.69, 9.17) is 10.00 Å². The van der Waals surface area contributed by atoms with Crippen LogP contribution < -0.4 is 0 Å². The Kier molecular flexibility index (Phi) is 5.32. The first-order valence-electron chi connectivity index (χ1n) is 6.38. The maximum Gasteiger partial charge on any atom is 0.306 e. The zero-order valence-electron chi connectivity index (χ0n) is 11.4. The summed E-state index contributed by atoms with van der Waals surface area (Å²) in [6.07, 6.45) is 0.937. The van der Waals surface area contributed by atoms with Gasteiger partial charge in [0.2, 0.25) is 10.0 Å². The van der Waals surface area contributed by atoms with E-state index in [-0.39, 0.29) is 18.8 Å². The molecule has 0 bridgehead atoms. The van der Waals surface area contributed by atoms with Crippen molar-refractivity contribution in [3.05, 3.63) is 0 Å². The molecule has 6 nitrogen and oxygen atoms in total. The van der Waals surface area contributed by atoms with Gasteiger partial charge in [0, 0.05) is 13.1 Å². The first kappa shape index (κ1) is 15.9. The van der Waals surface area contributed by atoms with E-state index in [1.165, 1.54) is 4.31 Å². The Hall–Kier alpha value is -1.13. The average molecular weight is 288 g/mol. The fourth-order valence-electron chi connectivity index (χ4n) is 1.94. The fourth-order valence-corrected chi connectivity index (χ4v) is 3.37. The lowest BCUT2D eigenvalue weighted by atomic mass is 9.83. The Labute approximate surface area is 114 Å². The summed E-state index contributed by atoms with van der Waals surface area (Å²) >= 11 is 0. The molecule has 0 spiro atoms. The van der Waals surface area contributed by atoms with Gasteiger partial charge in [0.1, 0.15) is 0 Å². The van der Waals surface area contributed by atoms with Crippen LogP contribution in [0.3, 0.4) is 0 Å². The molecule has 0 saturated carbocycles. The normalized spacial score (nSPS) is 19.6. The van der Waals surface area contributed by atoms with Gasteiger partial charge >= 0.3 is 5.97 Å². The number of piperidine rings is 1. The molecule has 0 aromatic rings. The van der Waals surface area contributed by atoms with E-state index in [1.807, 2.05) is 6.92 Å². The molecule has 108 valence electrons. The highest BCUT2D eigenvalue weighted by molar-refractivity contribution is 7.89. The minimum Gasteiger partial charge on any atom is -0.466 e. The number of ether oxygens (including phenoxy) is 1. The summed E-state index contributed by atoms with van der Waals surface area (Å²) in [5.41, 5.74) is -0.437. The first-order valence-corrected chi connectivity index (χ1v) is 7.98. The number of carbonyl (C=O) groups is 1. The topological polar surface area (TPSA) is 87.5 Å². The fraction of sp³-hybridized carbons (Fsp3) is 0.833. The number of hydrogen-bond donors (Lipinski definition) is 0. The molecule has 1 saturated heterocycles. The second-order valence-corrected chi connectivity index (χ2v) is 7.03. The Bertz CT molecular complexity index is 459. The van der Waals surface area contributed by atoms with Crippen molar-refractivity contribution in [1.82, 2.24) is 4.31 Å². The maximum atomic E-state index is 12.0. The van der Waals surface area contributed by atoms with Crippen molar-refractivity contribution in [1.29, 1.82) is 5.26 Å². The molecule has 0 radical (unpaired) electrons. The van der Waals surface area contributed by atoms with Crippen LogP contribution >= 0.6 is 0 Å². The average Bonchev–Trinajstić information content (AvgIpc) is 2.37. The highest BCUT2D eigenvalue weighted by Crippen LogP contribution is 2.30. The molecular formula is C12H20N2O4S. The molecule has 0 N–H and O–H groups in total. The summed E-state index contributed by atoms with van der Waals surface area (Å²) in [6.45, 7) is 4.46. The summed E-state index contributed by atoms with van der Waals surface area (Å²) in [5.74, 6) is -0.723. The van der Waals surface area contributed by atoms with Crippen LogP contribution in [0, 0.1) is 16.7 Å². The monoisotopic (exact) mass is 288 g/mol. The van der Waals surface area contributed by atoms with E-state index in [0.717, 1.165) is 0 Å². The van der Waals surface area contributed by atoms with Gasteiger partial charge in [-0.3, -0.25) is 4.79 Å². The van der Waals surface area contributed by atoms with Crippen molar-refractivity contribution in [3.8, 4) is 6.07 Å². The summed E-state index contributed by atoms with van der Waals surface area (Å²) in [5, 5.41) is 9.00. The third-order valence-corrected chi connectivity index (χ3v) is 5.23. The van der Waals surface area contributed by atoms with Crippen LogP contribution in [0.25, 0.3) is 0 Å². The molecule has 19 heavy (non-hydrogen) atoms. The summed E-state index contributed by atoms with van der Waals surface area (Å²) in [6, 6.07) is 2.22. The third kappa shape index (κ3) is 4.48. The van der Waals surface area contributed by atoms with E-state index in [1.54, 1.807) is 6.92 Å². The first-order chi connectivity index (χ1) is 8.83. The SMILES string of the molecule is CCOC(=O)CCS(=O)(=O)N1CCC(C)(C#N)CC1. The Morgan fingerprint density at radius 3 is 2.47 bits per heavy atom. The van der Waals surface area contributed by atoms with Crippen LogP contribution in [0.2, 0.25) is 0 Å². The van der Waals surface area contributed by atoms with E-state index >= 15 is 0 Å². The molecule has 0 atom stereocenters. The lowest BCUT2D eigenvalue weighted by molar-refractivity contribution is -0.142. The van der Waals surface area contributed by atoms with Crippen LogP contribution in [0.1, 0.15) is 33.1 Å². The van der Waals surface area contributed by atoms with Gasteiger partial charge < -0.3 is 4.74 Å². The smallest absolute Gasteiger partial charge is 0.306 e. The highest BCUT2D eigenvalue weighted by atomic mass is 32.2. The van der Waals surface area contributed by atoms with Crippen LogP contribution in [0.5, 0.6) is 0 Å². The molecule has 0 aromatic heterocycles. The predicted molar refractivity (Wildman–Crippen MR) is 69.6 cm³/mol. The van der Waals surface area contributed by atoms with E-state index in [2.05, 4.69) is 6.07 Å². The van der Waals surface area contributed by atoms with Gasteiger partial charge in [-0.2, -0.15) is 5.26 Å². The number of esters is 1. The quantitative estimate of drug-likeness (QED) is 0.701.